The molecule has 30 heavy (non-hydrogen) atoms. The van der Waals surface area contributed by atoms with Gasteiger partial charge in [0.2, 0.25) is 11.8 Å². The molecule has 6 nitrogen and oxygen atoms in total. The largest absolute Gasteiger partial charge is 0.497 e. The predicted molar refractivity (Wildman–Crippen MR) is 118 cm³/mol. The number of aliphatic imine (C=N–C) groups is 1. The fourth-order valence-electron chi connectivity index (χ4n) is 4.13. The highest BCUT2D eigenvalue weighted by molar-refractivity contribution is 6.16. The van der Waals surface area contributed by atoms with E-state index in [0.717, 1.165) is 58.8 Å². The Hall–Kier alpha value is -3.15. The third-order valence-corrected chi connectivity index (χ3v) is 5.96. The first-order valence-electron chi connectivity index (χ1n) is 10.4. The third-order valence-electron chi connectivity index (χ3n) is 5.96. The number of ether oxygens (including phenoxy) is 1. The van der Waals surface area contributed by atoms with Gasteiger partial charge >= 0.3 is 0 Å². The molecule has 0 radical (unpaired) electrons. The van der Waals surface area contributed by atoms with Crippen molar-refractivity contribution >= 4 is 28.9 Å². The number of carbonyl (C=O) groups excluding carboxylic acids is 2. The molecule has 2 aliphatic rings. The smallest absolute Gasteiger partial charge is 0.240 e. The number of fused-ring (bicyclic) bond motifs is 2. The molecule has 1 heterocycles. The number of benzene rings is 2. The quantitative estimate of drug-likeness (QED) is 0.821. The number of nitrogens with zero attached hydrogens (tertiary/aromatic N) is 2. The number of hydrogen-bond donors (Lipinski definition) is 1. The van der Waals surface area contributed by atoms with Crippen LogP contribution in [0.4, 0.5) is 11.4 Å². The first-order valence-corrected chi connectivity index (χ1v) is 10.4. The molecule has 0 saturated heterocycles. The predicted octanol–water partition coefficient (Wildman–Crippen LogP) is 3.85. The van der Waals surface area contributed by atoms with Crippen LogP contribution in [0.15, 0.2) is 41.4 Å². The van der Waals surface area contributed by atoms with E-state index in [-0.39, 0.29) is 24.3 Å². The Labute approximate surface area is 176 Å². The summed E-state index contributed by atoms with van der Waals surface area (Å²) >= 11 is 0. The lowest BCUT2D eigenvalue weighted by atomic mass is 10.0. The van der Waals surface area contributed by atoms with Crippen LogP contribution in [0, 0.1) is 19.8 Å². The zero-order valence-corrected chi connectivity index (χ0v) is 17.7. The summed E-state index contributed by atoms with van der Waals surface area (Å²) in [6.07, 6.45) is 2.61. The van der Waals surface area contributed by atoms with Crippen molar-refractivity contribution in [3.8, 4) is 5.75 Å². The van der Waals surface area contributed by atoms with Crippen molar-refractivity contribution in [2.75, 3.05) is 18.6 Å². The maximum Gasteiger partial charge on any atom is 0.240 e. The van der Waals surface area contributed by atoms with E-state index in [1.165, 1.54) is 0 Å². The molecule has 156 valence electrons. The van der Waals surface area contributed by atoms with E-state index in [2.05, 4.69) is 5.32 Å². The Kier molecular flexibility index (Phi) is 5.57. The van der Waals surface area contributed by atoms with Gasteiger partial charge in [-0.2, -0.15) is 0 Å². The van der Waals surface area contributed by atoms with Crippen molar-refractivity contribution in [2.45, 2.75) is 39.7 Å². The van der Waals surface area contributed by atoms with E-state index in [0.29, 0.717) is 6.54 Å². The average molecular weight is 405 g/mol. The summed E-state index contributed by atoms with van der Waals surface area (Å²) in [5.74, 6) is 0.306. The van der Waals surface area contributed by atoms with E-state index in [1.54, 1.807) is 12.0 Å². The molecular weight excluding hydrogens is 378 g/mol. The zero-order valence-electron chi connectivity index (χ0n) is 17.7. The molecule has 0 aromatic heterocycles. The number of nitrogens with one attached hydrogen (secondary N) is 1. The number of aryl methyl sites for hydroxylation is 2. The van der Waals surface area contributed by atoms with Gasteiger partial charge in [-0.25, -0.2) is 0 Å². The second-order valence-electron chi connectivity index (χ2n) is 8.03. The molecular formula is C24H27N3O3. The molecule has 4 rings (SSSR count). The van der Waals surface area contributed by atoms with Crippen molar-refractivity contribution in [1.82, 2.24) is 5.32 Å². The van der Waals surface area contributed by atoms with Gasteiger partial charge in [0.25, 0.3) is 0 Å². The summed E-state index contributed by atoms with van der Waals surface area (Å²) in [4.78, 5) is 32.6. The van der Waals surface area contributed by atoms with Gasteiger partial charge in [0.05, 0.1) is 24.4 Å². The highest BCUT2D eigenvalue weighted by atomic mass is 16.5. The fraction of sp³-hybridized carbons (Fsp3) is 0.375. The van der Waals surface area contributed by atoms with Crippen LogP contribution in [0.3, 0.4) is 0 Å². The number of rotatable bonds is 5. The highest BCUT2D eigenvalue weighted by Gasteiger charge is 2.37. The standard InChI is InChI=1S/C24H27N3O3/c1-15-10-21-22(11-16(15)2)27(24(29)19-8-5-9-20(19)26-21)14-23(28)25-13-17-6-4-7-18(12-17)30-3/h4,6-7,10-12,19H,5,8-9,13-14H2,1-3H3,(H,25,28)/t19-/m1/s1. The Bertz CT molecular complexity index is 1030. The molecule has 6 heteroatoms. The summed E-state index contributed by atoms with van der Waals surface area (Å²) in [6.45, 7) is 4.42. The maximum absolute atomic E-state index is 13.3. The molecule has 1 aliphatic heterocycles. The van der Waals surface area contributed by atoms with Crippen molar-refractivity contribution in [3.63, 3.8) is 0 Å². The van der Waals surface area contributed by atoms with Gasteiger partial charge in [-0.3, -0.25) is 14.6 Å². The first-order chi connectivity index (χ1) is 14.5. The summed E-state index contributed by atoms with van der Waals surface area (Å²) < 4.78 is 5.23. The van der Waals surface area contributed by atoms with Crippen LogP contribution < -0.4 is 15.0 Å². The summed E-state index contributed by atoms with van der Waals surface area (Å²) in [7, 11) is 1.61. The monoisotopic (exact) mass is 405 g/mol. The third kappa shape index (κ3) is 3.95. The van der Waals surface area contributed by atoms with E-state index >= 15 is 0 Å². The van der Waals surface area contributed by atoms with Gasteiger partial charge in [-0.1, -0.05) is 12.1 Å². The second-order valence-corrected chi connectivity index (χ2v) is 8.03. The lowest BCUT2D eigenvalue weighted by Crippen LogP contribution is -2.43. The minimum absolute atomic E-state index is 0.0163. The SMILES string of the molecule is COc1cccc(CNC(=O)CN2C(=O)[C@@H]3CCCC3=Nc3cc(C)c(C)cc32)c1. The summed E-state index contributed by atoms with van der Waals surface area (Å²) in [5, 5.41) is 2.93. The van der Waals surface area contributed by atoms with Gasteiger partial charge in [0.15, 0.2) is 0 Å². The molecule has 2 amide bonds. The molecule has 1 saturated carbocycles. The summed E-state index contributed by atoms with van der Waals surface area (Å²) in [5.41, 5.74) is 5.61. The average Bonchev–Trinajstić information content (AvgIpc) is 3.17. The van der Waals surface area contributed by atoms with Crippen LogP contribution in [0.5, 0.6) is 5.75 Å². The van der Waals surface area contributed by atoms with Crippen LogP contribution >= 0.6 is 0 Å². The van der Waals surface area contributed by atoms with Crippen LogP contribution in [-0.2, 0) is 16.1 Å². The van der Waals surface area contributed by atoms with Gasteiger partial charge in [-0.05, 0) is 74.1 Å². The molecule has 1 fully saturated rings. The molecule has 1 N–H and O–H groups in total. The van der Waals surface area contributed by atoms with Gasteiger partial charge in [-0.15, -0.1) is 0 Å². The Balaban J connectivity index is 1.56. The Morgan fingerprint density at radius 1 is 1.23 bits per heavy atom. The van der Waals surface area contributed by atoms with Gasteiger partial charge in [0, 0.05) is 12.3 Å². The van der Waals surface area contributed by atoms with Crippen LogP contribution in [0.1, 0.15) is 36.0 Å². The molecule has 0 bridgehead atoms. The molecule has 1 aliphatic carbocycles. The number of hydrogen-bond acceptors (Lipinski definition) is 4. The van der Waals surface area contributed by atoms with Gasteiger partial charge in [0.1, 0.15) is 12.3 Å². The number of amides is 2. The van der Waals surface area contributed by atoms with E-state index in [1.807, 2.05) is 50.2 Å². The van der Waals surface area contributed by atoms with Crippen molar-refractivity contribution < 1.29 is 14.3 Å². The van der Waals surface area contributed by atoms with Crippen molar-refractivity contribution in [3.05, 3.63) is 53.1 Å². The lowest BCUT2D eigenvalue weighted by molar-refractivity contribution is -0.124. The molecule has 2 aromatic rings. The molecule has 0 spiro atoms. The minimum Gasteiger partial charge on any atom is -0.497 e. The Morgan fingerprint density at radius 3 is 2.83 bits per heavy atom. The fourth-order valence-corrected chi connectivity index (χ4v) is 4.13. The normalized spacial score (nSPS) is 17.7. The Morgan fingerprint density at radius 2 is 2.03 bits per heavy atom. The van der Waals surface area contributed by atoms with Gasteiger partial charge < -0.3 is 15.0 Å². The minimum atomic E-state index is -0.218. The topological polar surface area (TPSA) is 71.0 Å². The molecule has 1 atom stereocenters. The van der Waals surface area contributed by atoms with Crippen molar-refractivity contribution in [1.29, 1.82) is 0 Å². The lowest BCUT2D eigenvalue weighted by Gasteiger charge is -2.25. The van der Waals surface area contributed by atoms with Crippen molar-refractivity contribution in [2.24, 2.45) is 10.9 Å². The first kappa shape index (κ1) is 20.1. The highest BCUT2D eigenvalue weighted by Crippen LogP contribution is 2.39. The second kappa shape index (κ2) is 8.30. The van der Waals surface area contributed by atoms with Crippen LogP contribution in [0.25, 0.3) is 0 Å². The molecule has 0 unspecified atom stereocenters. The van der Waals surface area contributed by atoms with Crippen LogP contribution in [-0.4, -0.2) is 31.2 Å². The molecule has 2 aromatic carbocycles. The summed E-state index contributed by atoms with van der Waals surface area (Å²) in [6, 6.07) is 11.6. The number of anilines is 1. The number of methoxy groups -OCH3 is 1. The van der Waals surface area contributed by atoms with E-state index in [9.17, 15) is 9.59 Å². The zero-order chi connectivity index (χ0) is 21.3. The van der Waals surface area contributed by atoms with E-state index < -0.39 is 0 Å². The van der Waals surface area contributed by atoms with Crippen LogP contribution in [0.2, 0.25) is 0 Å². The maximum atomic E-state index is 13.3. The number of carbonyl (C=O) groups is 2. The van der Waals surface area contributed by atoms with E-state index in [4.69, 9.17) is 9.73 Å².